The van der Waals surface area contributed by atoms with Gasteiger partial charge in [0, 0.05) is 12.4 Å². The molecule has 5 nitrogen and oxygen atoms in total. The molecule has 0 saturated heterocycles. The van der Waals surface area contributed by atoms with E-state index >= 15 is 0 Å². The fourth-order valence-corrected chi connectivity index (χ4v) is 3.24. The highest BCUT2D eigenvalue weighted by molar-refractivity contribution is 7.98. The van der Waals surface area contributed by atoms with Crippen LogP contribution in [0.15, 0.2) is 52.3 Å². The minimum Gasteiger partial charge on any atom is -0.463 e. The minimum absolute atomic E-state index is 0.214. The van der Waals surface area contributed by atoms with E-state index in [0.717, 1.165) is 10.8 Å². The second-order valence-electron chi connectivity index (χ2n) is 5.35. The highest BCUT2D eigenvalue weighted by atomic mass is 32.2. The van der Waals surface area contributed by atoms with Gasteiger partial charge in [-0.05, 0) is 43.2 Å². The van der Waals surface area contributed by atoms with Crippen LogP contribution in [0, 0.1) is 13.8 Å². The number of carbonyl (C=O) groups excluding carboxylic acids is 1. The summed E-state index contributed by atoms with van der Waals surface area (Å²) in [6.45, 7) is 4.20. The van der Waals surface area contributed by atoms with Crippen molar-refractivity contribution < 1.29 is 13.9 Å². The number of hydrogen-bond acceptors (Lipinski definition) is 5. The molecule has 6 heteroatoms. The first-order valence-electron chi connectivity index (χ1n) is 7.50. The van der Waals surface area contributed by atoms with Gasteiger partial charge in [0.1, 0.15) is 5.76 Å². The van der Waals surface area contributed by atoms with Crippen LogP contribution in [0.5, 0.6) is 0 Å². The monoisotopic (exact) mass is 342 g/mol. The van der Waals surface area contributed by atoms with Gasteiger partial charge in [0.15, 0.2) is 5.16 Å². The van der Waals surface area contributed by atoms with Gasteiger partial charge in [0.2, 0.25) is 5.76 Å². The lowest BCUT2D eigenvalue weighted by Gasteiger charge is -2.11. The summed E-state index contributed by atoms with van der Waals surface area (Å²) < 4.78 is 12.2. The van der Waals surface area contributed by atoms with Gasteiger partial charge in [-0.1, -0.05) is 23.9 Å². The van der Waals surface area contributed by atoms with E-state index in [9.17, 15) is 4.79 Å². The Labute approximate surface area is 144 Å². The standard InChI is InChI=1S/C18H18N2O3S/c1-12-5-4-6-15(13(12)2)20-10-9-19-18(20)24-11-14-7-8-16(23-14)17(21)22-3/h4-10H,11H2,1-3H3. The second kappa shape index (κ2) is 6.97. The summed E-state index contributed by atoms with van der Waals surface area (Å²) in [5.74, 6) is 1.03. The molecule has 2 aromatic heterocycles. The summed E-state index contributed by atoms with van der Waals surface area (Å²) in [5, 5.41) is 0.875. The topological polar surface area (TPSA) is 57.3 Å². The van der Waals surface area contributed by atoms with Crippen LogP contribution in [0.25, 0.3) is 5.69 Å². The molecule has 0 spiro atoms. The Balaban J connectivity index is 1.78. The first-order chi connectivity index (χ1) is 11.6. The maximum atomic E-state index is 11.4. The number of carbonyl (C=O) groups is 1. The summed E-state index contributed by atoms with van der Waals surface area (Å²) in [6, 6.07) is 9.63. The Morgan fingerprint density at radius 2 is 2.12 bits per heavy atom. The minimum atomic E-state index is -0.469. The quantitative estimate of drug-likeness (QED) is 0.515. The van der Waals surface area contributed by atoms with Crippen molar-refractivity contribution in [3.63, 3.8) is 0 Å². The van der Waals surface area contributed by atoms with Crippen LogP contribution in [0.4, 0.5) is 0 Å². The van der Waals surface area contributed by atoms with Crippen molar-refractivity contribution in [1.29, 1.82) is 0 Å². The van der Waals surface area contributed by atoms with Crippen LogP contribution in [0.3, 0.4) is 0 Å². The van der Waals surface area contributed by atoms with Crippen molar-refractivity contribution >= 4 is 17.7 Å². The Morgan fingerprint density at radius 1 is 1.29 bits per heavy atom. The summed E-state index contributed by atoms with van der Waals surface area (Å²) in [6.07, 6.45) is 3.73. The van der Waals surface area contributed by atoms with Crippen LogP contribution in [-0.4, -0.2) is 22.6 Å². The molecule has 0 radical (unpaired) electrons. The number of aryl methyl sites for hydroxylation is 1. The number of nitrogens with zero attached hydrogens (tertiary/aromatic N) is 2. The summed E-state index contributed by atoms with van der Waals surface area (Å²) in [5.41, 5.74) is 3.58. The number of rotatable bonds is 5. The van der Waals surface area contributed by atoms with Crippen LogP contribution in [0.2, 0.25) is 0 Å². The molecular weight excluding hydrogens is 324 g/mol. The zero-order valence-electron chi connectivity index (χ0n) is 13.8. The van der Waals surface area contributed by atoms with Crippen LogP contribution < -0.4 is 0 Å². The summed E-state index contributed by atoms with van der Waals surface area (Å²) in [4.78, 5) is 15.9. The van der Waals surface area contributed by atoms with E-state index in [2.05, 4.69) is 40.3 Å². The average Bonchev–Trinajstić information content (AvgIpc) is 3.24. The number of benzene rings is 1. The number of methoxy groups -OCH3 is 1. The lowest BCUT2D eigenvalue weighted by Crippen LogP contribution is -1.99. The second-order valence-corrected chi connectivity index (χ2v) is 6.29. The fraction of sp³-hybridized carbons (Fsp3) is 0.222. The zero-order valence-corrected chi connectivity index (χ0v) is 14.6. The SMILES string of the molecule is COC(=O)c1ccc(CSc2nccn2-c2cccc(C)c2C)o1. The number of thioether (sulfide) groups is 1. The maximum absolute atomic E-state index is 11.4. The first kappa shape index (κ1) is 16.4. The Kier molecular flexibility index (Phi) is 4.76. The number of esters is 1. The van der Waals surface area contributed by atoms with Gasteiger partial charge in [-0.2, -0.15) is 0 Å². The fourth-order valence-electron chi connectivity index (χ4n) is 2.38. The molecule has 0 aliphatic rings. The molecule has 0 amide bonds. The molecule has 124 valence electrons. The van der Waals surface area contributed by atoms with Crippen molar-refractivity contribution in [2.24, 2.45) is 0 Å². The van der Waals surface area contributed by atoms with E-state index in [1.807, 2.05) is 12.3 Å². The molecule has 1 aromatic carbocycles. The normalized spacial score (nSPS) is 10.8. The van der Waals surface area contributed by atoms with Gasteiger partial charge < -0.3 is 9.15 Å². The number of aromatic nitrogens is 2. The van der Waals surface area contributed by atoms with Crippen LogP contribution in [-0.2, 0) is 10.5 Å². The number of furan rings is 1. The Bertz CT molecular complexity index is 867. The van der Waals surface area contributed by atoms with Crippen LogP contribution >= 0.6 is 11.8 Å². The average molecular weight is 342 g/mol. The predicted octanol–water partition coefficient (Wildman–Crippen LogP) is 4.16. The maximum Gasteiger partial charge on any atom is 0.373 e. The van der Waals surface area contributed by atoms with Gasteiger partial charge >= 0.3 is 5.97 Å². The molecule has 24 heavy (non-hydrogen) atoms. The number of imidazole rings is 1. The van der Waals surface area contributed by atoms with Crippen LogP contribution in [0.1, 0.15) is 27.4 Å². The molecule has 0 unspecified atom stereocenters. The lowest BCUT2D eigenvalue weighted by molar-refractivity contribution is 0.0563. The van der Waals surface area contributed by atoms with E-state index in [0.29, 0.717) is 11.5 Å². The molecule has 0 aliphatic heterocycles. The van der Waals surface area contributed by atoms with Crippen molar-refractivity contribution in [2.45, 2.75) is 24.8 Å². The Hall–Kier alpha value is -2.47. The molecule has 0 aliphatic carbocycles. The van der Waals surface area contributed by atoms with Gasteiger partial charge in [0.05, 0.1) is 18.6 Å². The van der Waals surface area contributed by atoms with E-state index in [1.54, 1.807) is 30.1 Å². The van der Waals surface area contributed by atoms with Crippen molar-refractivity contribution in [2.75, 3.05) is 7.11 Å². The van der Waals surface area contributed by atoms with Gasteiger partial charge in [-0.15, -0.1) is 0 Å². The van der Waals surface area contributed by atoms with Crippen molar-refractivity contribution in [3.8, 4) is 5.69 Å². The molecule has 3 rings (SSSR count). The third kappa shape index (κ3) is 3.23. The number of hydrogen-bond donors (Lipinski definition) is 0. The third-order valence-corrected chi connectivity index (χ3v) is 4.82. The third-order valence-electron chi connectivity index (χ3n) is 3.83. The van der Waals surface area contributed by atoms with Crippen molar-refractivity contribution in [1.82, 2.24) is 9.55 Å². The highest BCUT2D eigenvalue weighted by Crippen LogP contribution is 2.27. The molecule has 0 fully saturated rings. The first-order valence-corrected chi connectivity index (χ1v) is 8.48. The highest BCUT2D eigenvalue weighted by Gasteiger charge is 2.13. The molecule has 0 N–H and O–H groups in total. The summed E-state index contributed by atoms with van der Waals surface area (Å²) >= 11 is 1.55. The lowest BCUT2D eigenvalue weighted by atomic mass is 10.1. The smallest absolute Gasteiger partial charge is 0.373 e. The van der Waals surface area contributed by atoms with E-state index in [1.165, 1.54) is 18.2 Å². The molecule has 0 atom stereocenters. The van der Waals surface area contributed by atoms with Gasteiger partial charge in [0.25, 0.3) is 0 Å². The molecule has 0 bridgehead atoms. The van der Waals surface area contributed by atoms with Gasteiger partial charge in [-0.25, -0.2) is 9.78 Å². The summed E-state index contributed by atoms with van der Waals surface area (Å²) in [7, 11) is 1.33. The Morgan fingerprint density at radius 3 is 2.92 bits per heavy atom. The predicted molar refractivity (Wildman–Crippen MR) is 92.6 cm³/mol. The molecular formula is C18H18N2O3S. The number of ether oxygens (including phenoxy) is 1. The molecule has 2 heterocycles. The molecule has 0 saturated carbocycles. The van der Waals surface area contributed by atoms with Crippen molar-refractivity contribution in [3.05, 3.63) is 65.4 Å². The van der Waals surface area contributed by atoms with E-state index in [-0.39, 0.29) is 5.76 Å². The van der Waals surface area contributed by atoms with E-state index < -0.39 is 5.97 Å². The largest absolute Gasteiger partial charge is 0.463 e. The zero-order chi connectivity index (χ0) is 17.1. The van der Waals surface area contributed by atoms with Gasteiger partial charge in [-0.3, -0.25) is 4.57 Å². The molecule has 3 aromatic rings. The van der Waals surface area contributed by atoms with E-state index in [4.69, 9.17) is 4.42 Å².